The molecule has 4 rings (SSSR count). The van der Waals surface area contributed by atoms with Crippen molar-refractivity contribution in [2.75, 3.05) is 56.4 Å². The molecule has 0 atom stereocenters. The van der Waals surface area contributed by atoms with Gasteiger partial charge in [-0.15, -0.1) is 0 Å². The molecule has 12 heteroatoms. The number of benzene rings is 1. The molecule has 0 bridgehead atoms. The first-order valence-electron chi connectivity index (χ1n) is 15.8. The van der Waals surface area contributed by atoms with Gasteiger partial charge in [-0.1, -0.05) is 12.1 Å². The monoisotopic (exact) mass is 632 g/mol. The zero-order valence-electron chi connectivity index (χ0n) is 27.9. The largest absolute Gasteiger partial charge is 0.459 e. The third-order valence-corrected chi connectivity index (χ3v) is 6.87. The third kappa shape index (κ3) is 12.2. The van der Waals surface area contributed by atoms with E-state index in [1.807, 2.05) is 71.9 Å². The molecule has 3 N–H and O–H groups in total. The van der Waals surface area contributed by atoms with Crippen LogP contribution < -0.4 is 16.0 Å². The molecule has 1 fully saturated rings. The normalized spacial score (nSPS) is 14.4. The zero-order chi connectivity index (χ0) is 33.2. The van der Waals surface area contributed by atoms with Crippen LogP contribution in [0.3, 0.4) is 0 Å². The summed E-state index contributed by atoms with van der Waals surface area (Å²) in [5.74, 6) is 1.08. The van der Waals surface area contributed by atoms with E-state index in [4.69, 9.17) is 14.5 Å². The first-order valence-corrected chi connectivity index (χ1v) is 15.8. The van der Waals surface area contributed by atoms with Gasteiger partial charge < -0.3 is 25.4 Å². The van der Waals surface area contributed by atoms with Gasteiger partial charge in [-0.2, -0.15) is 0 Å². The van der Waals surface area contributed by atoms with Crippen molar-refractivity contribution >= 4 is 29.5 Å². The molecule has 0 unspecified atom stereocenters. The van der Waals surface area contributed by atoms with Gasteiger partial charge >= 0.3 is 12.1 Å². The molecule has 12 nitrogen and oxygen atoms in total. The Morgan fingerprint density at radius 3 is 2.30 bits per heavy atom. The number of nitrogens with zero attached hydrogens (tertiary/aromatic N) is 5. The summed E-state index contributed by atoms with van der Waals surface area (Å²) in [6.07, 6.45) is 3.83. The molecule has 0 spiro atoms. The number of piperazine rings is 1. The van der Waals surface area contributed by atoms with Gasteiger partial charge in [0, 0.05) is 69.5 Å². The van der Waals surface area contributed by atoms with Crippen molar-refractivity contribution in [1.29, 1.82) is 0 Å². The lowest BCUT2D eigenvalue weighted by Crippen LogP contribution is -2.48. The third-order valence-electron chi connectivity index (χ3n) is 6.87. The number of rotatable bonds is 12. The number of alkyl carbamates (subject to hydrolysis) is 1. The summed E-state index contributed by atoms with van der Waals surface area (Å²) < 4.78 is 10.7. The van der Waals surface area contributed by atoms with Crippen LogP contribution in [0.25, 0.3) is 11.3 Å². The lowest BCUT2D eigenvalue weighted by Gasteiger charge is -2.34. The van der Waals surface area contributed by atoms with E-state index in [0.29, 0.717) is 25.6 Å². The van der Waals surface area contributed by atoms with E-state index in [1.165, 1.54) is 5.56 Å². The van der Waals surface area contributed by atoms with Gasteiger partial charge in [0.05, 0.1) is 12.2 Å². The molecule has 0 radical (unpaired) electrons. The van der Waals surface area contributed by atoms with E-state index in [9.17, 15) is 9.59 Å². The molecule has 0 saturated carbocycles. The number of aromatic nitrogens is 3. The average molecular weight is 633 g/mol. The molecule has 1 amide bonds. The van der Waals surface area contributed by atoms with Crippen LogP contribution in [0, 0.1) is 0 Å². The standard InChI is InChI=1S/C34H48N8O4/c1-33(2,3)45-30(43)24-42-19-17-41(18-20-42)23-25-9-7-10-27(21-25)39-31-36-16-13-28(40-31)26-11-12-29(38-22-26)35-14-8-15-37-32(44)46-34(4,5)6/h7,9-13,16,21-22H,8,14-15,17-20,23-24H2,1-6H3,(H,35,38)(H,37,44)(H,36,39,40). The molecular formula is C34H48N8O4. The molecule has 3 aromatic rings. The lowest BCUT2D eigenvalue weighted by molar-refractivity contribution is -0.156. The molecule has 1 aliphatic heterocycles. The van der Waals surface area contributed by atoms with Gasteiger partial charge in [-0.05, 0) is 83.9 Å². The Morgan fingerprint density at radius 1 is 0.870 bits per heavy atom. The van der Waals surface area contributed by atoms with Gasteiger partial charge in [0.25, 0.3) is 0 Å². The summed E-state index contributed by atoms with van der Waals surface area (Å²) in [6, 6.07) is 14.0. The summed E-state index contributed by atoms with van der Waals surface area (Å²) in [6.45, 7) is 17.0. The van der Waals surface area contributed by atoms with Crippen molar-refractivity contribution < 1.29 is 19.1 Å². The highest BCUT2D eigenvalue weighted by molar-refractivity contribution is 5.72. The Labute approximate surface area is 272 Å². The highest BCUT2D eigenvalue weighted by Gasteiger charge is 2.22. The molecular weight excluding hydrogens is 584 g/mol. The second-order valence-electron chi connectivity index (χ2n) is 13.4. The van der Waals surface area contributed by atoms with E-state index in [1.54, 1.807) is 12.4 Å². The minimum atomic E-state index is -0.509. The van der Waals surface area contributed by atoms with Crippen LogP contribution in [-0.4, -0.2) is 93.8 Å². The van der Waals surface area contributed by atoms with Gasteiger partial charge in [-0.25, -0.2) is 19.7 Å². The summed E-state index contributed by atoms with van der Waals surface area (Å²) in [5.41, 5.74) is 2.77. The van der Waals surface area contributed by atoms with Crippen molar-refractivity contribution in [3.05, 3.63) is 60.4 Å². The molecule has 248 valence electrons. The first kappa shape index (κ1) is 34.6. The number of amides is 1. The number of anilines is 3. The predicted octanol–water partition coefficient (Wildman–Crippen LogP) is 5.07. The first-order chi connectivity index (χ1) is 21.8. The fourth-order valence-electron chi connectivity index (χ4n) is 4.84. The van der Waals surface area contributed by atoms with Gasteiger partial charge in [0.1, 0.15) is 17.0 Å². The fraction of sp³-hybridized carbons (Fsp3) is 0.500. The Morgan fingerprint density at radius 2 is 1.61 bits per heavy atom. The quantitative estimate of drug-likeness (QED) is 0.183. The second-order valence-corrected chi connectivity index (χ2v) is 13.4. The topological polar surface area (TPSA) is 134 Å². The number of carbonyl (C=O) groups is 2. The van der Waals surface area contributed by atoms with Crippen molar-refractivity contribution in [2.24, 2.45) is 0 Å². The van der Waals surface area contributed by atoms with Gasteiger partial charge in [0.2, 0.25) is 5.95 Å². The number of pyridine rings is 1. The number of nitrogens with one attached hydrogen (secondary N) is 3. The summed E-state index contributed by atoms with van der Waals surface area (Å²) >= 11 is 0. The molecule has 1 aliphatic rings. The SMILES string of the molecule is CC(C)(C)OC(=O)CN1CCN(Cc2cccc(Nc3nccc(-c4ccc(NCCCNC(=O)OC(C)(C)C)nc4)n3)c2)CC1. The Kier molecular flexibility index (Phi) is 11.9. The second kappa shape index (κ2) is 15.8. The molecule has 3 heterocycles. The highest BCUT2D eigenvalue weighted by Crippen LogP contribution is 2.21. The Hall–Kier alpha value is -4.29. The Balaban J connectivity index is 1.23. The lowest BCUT2D eigenvalue weighted by atomic mass is 10.1. The van der Waals surface area contributed by atoms with Crippen molar-refractivity contribution in [2.45, 2.75) is 65.7 Å². The molecule has 46 heavy (non-hydrogen) atoms. The number of hydrogen-bond acceptors (Lipinski definition) is 11. The van der Waals surface area contributed by atoms with E-state index in [0.717, 1.165) is 61.9 Å². The van der Waals surface area contributed by atoms with Crippen LogP contribution >= 0.6 is 0 Å². The average Bonchev–Trinajstić information content (AvgIpc) is 2.97. The molecule has 1 aromatic carbocycles. The van der Waals surface area contributed by atoms with Crippen molar-refractivity contribution in [3.63, 3.8) is 0 Å². The maximum atomic E-state index is 12.2. The number of esters is 1. The van der Waals surface area contributed by atoms with Crippen LogP contribution in [0.2, 0.25) is 0 Å². The smallest absolute Gasteiger partial charge is 0.407 e. The Bertz CT molecular complexity index is 1430. The molecule has 1 saturated heterocycles. The molecule has 0 aliphatic carbocycles. The van der Waals surface area contributed by atoms with Crippen LogP contribution in [0.4, 0.5) is 22.2 Å². The van der Waals surface area contributed by atoms with Crippen LogP contribution in [-0.2, 0) is 20.8 Å². The number of hydrogen-bond donors (Lipinski definition) is 3. The minimum Gasteiger partial charge on any atom is -0.459 e. The fourth-order valence-corrected chi connectivity index (χ4v) is 4.84. The van der Waals surface area contributed by atoms with Gasteiger partial charge in [-0.3, -0.25) is 14.6 Å². The predicted molar refractivity (Wildman–Crippen MR) is 180 cm³/mol. The van der Waals surface area contributed by atoms with Crippen molar-refractivity contribution in [1.82, 2.24) is 30.1 Å². The van der Waals surface area contributed by atoms with Crippen molar-refractivity contribution in [3.8, 4) is 11.3 Å². The van der Waals surface area contributed by atoms with E-state index in [2.05, 4.69) is 47.9 Å². The summed E-state index contributed by atoms with van der Waals surface area (Å²) in [7, 11) is 0. The van der Waals surface area contributed by atoms with Gasteiger partial charge in [0.15, 0.2) is 0 Å². The summed E-state index contributed by atoms with van der Waals surface area (Å²) in [5, 5.41) is 9.36. The number of carbonyl (C=O) groups excluding carboxylic acids is 2. The maximum absolute atomic E-state index is 12.2. The maximum Gasteiger partial charge on any atom is 0.407 e. The van der Waals surface area contributed by atoms with E-state index < -0.39 is 17.3 Å². The zero-order valence-corrected chi connectivity index (χ0v) is 27.9. The minimum absolute atomic E-state index is 0.172. The highest BCUT2D eigenvalue weighted by atomic mass is 16.6. The summed E-state index contributed by atoms with van der Waals surface area (Å²) in [4.78, 5) is 42.1. The van der Waals surface area contributed by atoms with E-state index in [-0.39, 0.29) is 5.97 Å². The number of ether oxygens (including phenoxy) is 2. The van der Waals surface area contributed by atoms with Crippen LogP contribution in [0.15, 0.2) is 54.9 Å². The van der Waals surface area contributed by atoms with Crippen LogP contribution in [0.5, 0.6) is 0 Å². The molecule has 2 aromatic heterocycles. The van der Waals surface area contributed by atoms with E-state index >= 15 is 0 Å². The van der Waals surface area contributed by atoms with Crippen LogP contribution in [0.1, 0.15) is 53.5 Å².